The summed E-state index contributed by atoms with van der Waals surface area (Å²) in [4.78, 5) is 13.7. The lowest BCUT2D eigenvalue weighted by molar-refractivity contribution is -0.133. The van der Waals surface area contributed by atoms with Crippen molar-refractivity contribution in [3.8, 4) is 0 Å². The van der Waals surface area contributed by atoms with Crippen molar-refractivity contribution in [2.75, 3.05) is 13.1 Å². The number of hydrogen-bond donors (Lipinski definition) is 4. The van der Waals surface area contributed by atoms with Crippen molar-refractivity contribution in [3.05, 3.63) is 0 Å². The minimum Gasteiger partial charge on any atom is -0.426 e. The van der Waals surface area contributed by atoms with Crippen molar-refractivity contribution in [2.24, 2.45) is 5.73 Å². The third kappa shape index (κ3) is 2.22. The van der Waals surface area contributed by atoms with Crippen molar-refractivity contribution in [3.63, 3.8) is 0 Å². The summed E-state index contributed by atoms with van der Waals surface area (Å²) in [7, 11) is -1.44. The molecule has 0 bridgehead atoms. The van der Waals surface area contributed by atoms with Crippen LogP contribution in [0.2, 0.25) is 0 Å². The third-order valence-electron chi connectivity index (χ3n) is 3.39. The van der Waals surface area contributed by atoms with Gasteiger partial charge >= 0.3 is 7.12 Å². The van der Waals surface area contributed by atoms with Crippen molar-refractivity contribution < 1.29 is 14.8 Å². The second-order valence-electron chi connectivity index (χ2n) is 4.61. The molecule has 0 saturated carbocycles. The van der Waals surface area contributed by atoms with Crippen LogP contribution in [0.1, 0.15) is 19.3 Å². The molecule has 2 heterocycles. The fraction of sp³-hybridized carbons (Fsp3) is 0.889. The summed E-state index contributed by atoms with van der Waals surface area (Å²) in [6, 6.07) is -0.233. The van der Waals surface area contributed by atoms with Gasteiger partial charge in [0.15, 0.2) is 0 Å². The standard InChI is InChI=1S/C9H18BN3O3/c11-6-4-7(12-5-6)9(14)13-3-1-2-8(13)10(15)16/h6-8,12,15-16H,1-5,11H2. The van der Waals surface area contributed by atoms with Gasteiger partial charge in [0.2, 0.25) is 5.91 Å². The average Bonchev–Trinajstić information content (AvgIpc) is 2.84. The van der Waals surface area contributed by atoms with Crippen LogP contribution in [0.15, 0.2) is 0 Å². The van der Waals surface area contributed by atoms with Gasteiger partial charge in [-0.15, -0.1) is 0 Å². The van der Waals surface area contributed by atoms with E-state index in [-0.39, 0.29) is 18.0 Å². The Labute approximate surface area is 94.9 Å². The highest BCUT2D eigenvalue weighted by molar-refractivity contribution is 6.43. The zero-order chi connectivity index (χ0) is 11.7. The maximum absolute atomic E-state index is 12.1. The summed E-state index contributed by atoms with van der Waals surface area (Å²) >= 11 is 0. The molecule has 2 aliphatic heterocycles. The predicted octanol–water partition coefficient (Wildman–Crippen LogP) is -2.32. The fourth-order valence-corrected chi connectivity index (χ4v) is 2.53. The molecule has 2 saturated heterocycles. The molecular weight excluding hydrogens is 209 g/mol. The van der Waals surface area contributed by atoms with Crippen LogP contribution < -0.4 is 11.1 Å². The summed E-state index contributed by atoms with van der Waals surface area (Å²) < 4.78 is 0. The number of rotatable bonds is 2. The topological polar surface area (TPSA) is 98.8 Å². The van der Waals surface area contributed by atoms with Crippen LogP contribution in [0.3, 0.4) is 0 Å². The van der Waals surface area contributed by atoms with Crippen molar-refractivity contribution >= 4 is 13.0 Å². The van der Waals surface area contributed by atoms with Gasteiger partial charge in [-0.05, 0) is 19.3 Å². The summed E-state index contributed by atoms with van der Waals surface area (Å²) in [5.74, 6) is -0.505. The van der Waals surface area contributed by atoms with Gasteiger partial charge in [-0.25, -0.2) is 0 Å². The Hall–Kier alpha value is -0.625. The molecule has 0 aromatic heterocycles. The molecule has 7 heteroatoms. The molecule has 0 aromatic rings. The van der Waals surface area contributed by atoms with Crippen LogP contribution in [0.5, 0.6) is 0 Å². The monoisotopic (exact) mass is 227 g/mol. The molecule has 3 atom stereocenters. The molecule has 0 spiro atoms. The van der Waals surface area contributed by atoms with Crippen molar-refractivity contribution in [2.45, 2.75) is 37.3 Å². The number of nitrogens with zero attached hydrogens (tertiary/aromatic N) is 1. The van der Waals surface area contributed by atoms with Gasteiger partial charge in [0.05, 0.1) is 12.0 Å². The van der Waals surface area contributed by atoms with Crippen LogP contribution in [0, 0.1) is 0 Å². The van der Waals surface area contributed by atoms with Gasteiger partial charge in [-0.3, -0.25) is 4.79 Å². The van der Waals surface area contributed by atoms with Crippen molar-refractivity contribution in [1.82, 2.24) is 10.2 Å². The second-order valence-corrected chi connectivity index (χ2v) is 4.61. The minimum absolute atomic E-state index is 0.0223. The minimum atomic E-state index is -1.44. The SMILES string of the molecule is NC1CNC(C(=O)N2CCCC2B(O)O)C1. The van der Waals surface area contributed by atoms with E-state index in [1.54, 1.807) is 4.90 Å². The first-order chi connectivity index (χ1) is 7.59. The lowest BCUT2D eigenvalue weighted by atomic mass is 9.77. The van der Waals surface area contributed by atoms with E-state index in [0.717, 1.165) is 6.42 Å². The zero-order valence-corrected chi connectivity index (χ0v) is 9.17. The molecule has 16 heavy (non-hydrogen) atoms. The van der Waals surface area contributed by atoms with E-state index < -0.39 is 13.1 Å². The van der Waals surface area contributed by atoms with E-state index >= 15 is 0 Å². The third-order valence-corrected chi connectivity index (χ3v) is 3.39. The quantitative estimate of drug-likeness (QED) is 0.397. The number of carbonyl (C=O) groups excluding carboxylic acids is 1. The number of hydrogen-bond acceptors (Lipinski definition) is 5. The summed E-state index contributed by atoms with van der Waals surface area (Å²) in [5.41, 5.74) is 5.72. The molecule has 2 aliphatic rings. The number of nitrogens with one attached hydrogen (secondary N) is 1. The van der Waals surface area contributed by atoms with Gasteiger partial charge in [-0.1, -0.05) is 0 Å². The normalized spacial score (nSPS) is 34.4. The summed E-state index contributed by atoms with van der Waals surface area (Å²) in [6.45, 7) is 1.26. The Morgan fingerprint density at radius 2 is 2.25 bits per heavy atom. The van der Waals surface area contributed by atoms with E-state index in [2.05, 4.69) is 5.32 Å². The highest BCUT2D eigenvalue weighted by Gasteiger charge is 2.40. The molecule has 0 radical (unpaired) electrons. The highest BCUT2D eigenvalue weighted by atomic mass is 16.4. The molecule has 0 aliphatic carbocycles. The fourth-order valence-electron chi connectivity index (χ4n) is 2.53. The molecule has 6 nitrogen and oxygen atoms in total. The molecule has 2 fully saturated rings. The molecule has 0 aromatic carbocycles. The lowest BCUT2D eigenvalue weighted by Gasteiger charge is -2.26. The maximum Gasteiger partial charge on any atom is 0.475 e. The molecule has 1 amide bonds. The molecule has 2 rings (SSSR count). The van der Waals surface area contributed by atoms with E-state index in [9.17, 15) is 14.8 Å². The molecular formula is C9H18BN3O3. The molecule has 90 valence electrons. The van der Waals surface area contributed by atoms with E-state index in [4.69, 9.17) is 5.73 Å². The van der Waals surface area contributed by atoms with Crippen molar-refractivity contribution in [1.29, 1.82) is 0 Å². The highest BCUT2D eigenvalue weighted by Crippen LogP contribution is 2.20. The smallest absolute Gasteiger partial charge is 0.426 e. The van der Waals surface area contributed by atoms with Crippen LogP contribution in [-0.4, -0.2) is 59.1 Å². The first kappa shape index (κ1) is 11.8. The Morgan fingerprint density at radius 3 is 2.81 bits per heavy atom. The first-order valence-corrected chi connectivity index (χ1v) is 5.75. The van der Waals surface area contributed by atoms with E-state index in [0.29, 0.717) is 25.9 Å². The van der Waals surface area contributed by atoms with Crippen LogP contribution in [0.4, 0.5) is 0 Å². The Balaban J connectivity index is 1.98. The van der Waals surface area contributed by atoms with Crippen LogP contribution in [0.25, 0.3) is 0 Å². The Morgan fingerprint density at radius 1 is 1.50 bits per heavy atom. The Kier molecular flexibility index (Phi) is 3.49. The van der Waals surface area contributed by atoms with Gasteiger partial charge in [0.25, 0.3) is 0 Å². The predicted molar refractivity (Wildman–Crippen MR) is 59.3 cm³/mol. The van der Waals surface area contributed by atoms with E-state index in [1.807, 2.05) is 0 Å². The molecule has 3 unspecified atom stereocenters. The largest absolute Gasteiger partial charge is 0.475 e. The summed E-state index contributed by atoms with van der Waals surface area (Å²) in [5, 5.41) is 21.4. The lowest BCUT2D eigenvalue weighted by Crippen LogP contribution is -2.51. The number of likely N-dealkylation sites (tertiary alicyclic amines) is 1. The second kappa shape index (κ2) is 4.71. The van der Waals surface area contributed by atoms with Gasteiger partial charge < -0.3 is 26.0 Å². The zero-order valence-electron chi connectivity index (χ0n) is 9.17. The van der Waals surface area contributed by atoms with Gasteiger partial charge in [0.1, 0.15) is 0 Å². The van der Waals surface area contributed by atoms with Gasteiger partial charge in [-0.2, -0.15) is 0 Å². The van der Waals surface area contributed by atoms with Crippen LogP contribution >= 0.6 is 0 Å². The molecule has 5 N–H and O–H groups in total. The average molecular weight is 227 g/mol. The Bertz CT molecular complexity index is 277. The summed E-state index contributed by atoms with van der Waals surface area (Å²) in [6.07, 6.45) is 2.11. The maximum atomic E-state index is 12.1. The first-order valence-electron chi connectivity index (χ1n) is 5.75. The van der Waals surface area contributed by atoms with Gasteiger partial charge in [0, 0.05) is 19.1 Å². The number of amides is 1. The number of nitrogens with two attached hydrogens (primary N) is 1. The van der Waals surface area contributed by atoms with Crippen LogP contribution in [-0.2, 0) is 4.79 Å². The number of carbonyl (C=O) groups is 1. The van der Waals surface area contributed by atoms with E-state index in [1.165, 1.54) is 0 Å².